The van der Waals surface area contributed by atoms with E-state index in [1.807, 2.05) is 62.2 Å². The van der Waals surface area contributed by atoms with Crippen LogP contribution in [0.1, 0.15) is 29.3 Å². The Morgan fingerprint density at radius 2 is 1.32 bits per heavy atom. The third kappa shape index (κ3) is 7.66. The van der Waals surface area contributed by atoms with E-state index in [0.29, 0.717) is 6.42 Å². The molecule has 0 unspecified atom stereocenters. The molecule has 0 aromatic heterocycles. The van der Waals surface area contributed by atoms with E-state index in [1.54, 1.807) is 0 Å². The highest BCUT2D eigenvalue weighted by atomic mass is 16.1. The van der Waals surface area contributed by atoms with E-state index in [2.05, 4.69) is 19.1 Å². The van der Waals surface area contributed by atoms with Gasteiger partial charge in [-0.05, 0) is 6.92 Å². The van der Waals surface area contributed by atoms with Crippen molar-refractivity contribution >= 4 is 12.6 Å². The molecule has 2 nitrogen and oxygen atoms in total. The molecular weight excluding hydrogens is 236 g/mol. The maximum Gasteiger partial charge on any atom is 0.162 e. The maximum absolute atomic E-state index is 11.0. The smallest absolute Gasteiger partial charge is 0.162 e. The second kappa shape index (κ2) is 10.9. The number of aryl methyl sites for hydroxylation is 1. The highest BCUT2D eigenvalue weighted by molar-refractivity contribution is 5.95. The zero-order chi connectivity index (χ0) is 14.5. The number of carbonyl (C=O) groups is 2. The lowest BCUT2D eigenvalue weighted by Gasteiger charge is -1.93. The standard InChI is InChI=1S/C9H10O.C7H8.CH2O/c1-2-9(10)8-6-4-3-5-7-8;1-7-5-3-2-4-6-7;1-2/h3-7H,2H2,1H3;2-6H,1H3;1H2. The Morgan fingerprint density at radius 3 is 1.63 bits per heavy atom. The predicted molar refractivity (Wildman–Crippen MR) is 79.4 cm³/mol. The molecule has 2 aromatic carbocycles. The summed E-state index contributed by atoms with van der Waals surface area (Å²) in [5.74, 6) is 0.209. The zero-order valence-corrected chi connectivity index (χ0v) is 11.5. The van der Waals surface area contributed by atoms with Gasteiger partial charge in [0.15, 0.2) is 5.78 Å². The average molecular weight is 256 g/mol. The van der Waals surface area contributed by atoms with Crippen molar-refractivity contribution in [1.82, 2.24) is 0 Å². The van der Waals surface area contributed by atoms with Gasteiger partial charge < -0.3 is 4.79 Å². The number of hydrogen-bond donors (Lipinski definition) is 0. The predicted octanol–water partition coefficient (Wildman–Crippen LogP) is 4.09. The first kappa shape index (κ1) is 16.8. The van der Waals surface area contributed by atoms with E-state index in [-0.39, 0.29) is 5.78 Å². The number of rotatable bonds is 2. The van der Waals surface area contributed by atoms with Gasteiger partial charge >= 0.3 is 0 Å². The van der Waals surface area contributed by atoms with Crippen LogP contribution in [-0.4, -0.2) is 12.6 Å². The molecule has 0 heterocycles. The van der Waals surface area contributed by atoms with Crippen LogP contribution in [0.4, 0.5) is 0 Å². The molecule has 0 saturated heterocycles. The van der Waals surface area contributed by atoms with Crippen LogP contribution in [0.3, 0.4) is 0 Å². The van der Waals surface area contributed by atoms with Crippen molar-refractivity contribution in [3.05, 3.63) is 71.8 Å². The molecule has 0 N–H and O–H groups in total. The summed E-state index contributed by atoms with van der Waals surface area (Å²) in [5.41, 5.74) is 2.13. The Balaban J connectivity index is 0.000000316. The van der Waals surface area contributed by atoms with Gasteiger partial charge in [-0.3, -0.25) is 4.79 Å². The largest absolute Gasteiger partial charge is 0.307 e. The van der Waals surface area contributed by atoms with Crippen molar-refractivity contribution in [2.45, 2.75) is 20.3 Å². The number of carbonyl (C=O) groups excluding carboxylic acids is 2. The summed E-state index contributed by atoms with van der Waals surface area (Å²) in [6, 6.07) is 19.6. The molecule has 0 spiro atoms. The van der Waals surface area contributed by atoms with Gasteiger partial charge in [0.2, 0.25) is 0 Å². The fraction of sp³-hybridized carbons (Fsp3) is 0.176. The molecule has 2 aromatic rings. The van der Waals surface area contributed by atoms with Crippen molar-refractivity contribution in [1.29, 1.82) is 0 Å². The highest BCUT2D eigenvalue weighted by Crippen LogP contribution is 2.01. The third-order valence-electron chi connectivity index (χ3n) is 2.36. The van der Waals surface area contributed by atoms with Crippen LogP contribution in [0.2, 0.25) is 0 Å². The fourth-order valence-electron chi connectivity index (χ4n) is 1.36. The Bertz CT molecular complexity index is 449. The lowest BCUT2D eigenvalue weighted by Crippen LogP contribution is -1.94. The minimum atomic E-state index is 0.209. The summed E-state index contributed by atoms with van der Waals surface area (Å²) in [5, 5.41) is 0. The summed E-state index contributed by atoms with van der Waals surface area (Å²) in [6.45, 7) is 5.95. The average Bonchev–Trinajstić information content (AvgIpc) is 2.51. The molecule has 19 heavy (non-hydrogen) atoms. The van der Waals surface area contributed by atoms with E-state index in [0.717, 1.165) is 5.56 Å². The molecule has 2 rings (SSSR count). The van der Waals surface area contributed by atoms with E-state index < -0.39 is 0 Å². The van der Waals surface area contributed by atoms with Crippen molar-refractivity contribution in [2.75, 3.05) is 0 Å². The van der Waals surface area contributed by atoms with Gasteiger partial charge in [0, 0.05) is 12.0 Å². The minimum Gasteiger partial charge on any atom is -0.307 e. The van der Waals surface area contributed by atoms with Gasteiger partial charge in [0.25, 0.3) is 0 Å². The van der Waals surface area contributed by atoms with Gasteiger partial charge in [-0.1, -0.05) is 73.2 Å². The van der Waals surface area contributed by atoms with E-state index in [1.165, 1.54) is 5.56 Å². The highest BCUT2D eigenvalue weighted by Gasteiger charge is 1.98. The van der Waals surface area contributed by atoms with Crippen LogP contribution in [-0.2, 0) is 4.79 Å². The number of Topliss-reactive ketones (excluding diaryl/α,β-unsaturated/α-hetero) is 1. The van der Waals surface area contributed by atoms with Crippen LogP contribution in [0.25, 0.3) is 0 Å². The van der Waals surface area contributed by atoms with Crippen molar-refractivity contribution in [2.24, 2.45) is 0 Å². The van der Waals surface area contributed by atoms with Crippen molar-refractivity contribution in [3.63, 3.8) is 0 Å². The first-order valence-electron chi connectivity index (χ1n) is 6.12. The quantitative estimate of drug-likeness (QED) is 0.758. The Hall–Kier alpha value is -2.22. The number of hydrogen-bond acceptors (Lipinski definition) is 2. The zero-order valence-electron chi connectivity index (χ0n) is 11.5. The molecule has 2 heteroatoms. The van der Waals surface area contributed by atoms with Gasteiger partial charge in [-0.2, -0.15) is 0 Å². The molecule has 0 radical (unpaired) electrons. The number of benzene rings is 2. The summed E-state index contributed by atoms with van der Waals surface area (Å²) in [7, 11) is 0. The van der Waals surface area contributed by atoms with E-state index in [4.69, 9.17) is 4.79 Å². The Kier molecular flexibility index (Phi) is 9.63. The molecule has 0 bridgehead atoms. The molecule has 0 amide bonds. The molecule has 100 valence electrons. The summed E-state index contributed by atoms with van der Waals surface area (Å²) in [6.07, 6.45) is 0.587. The first-order chi connectivity index (χ1) is 9.24. The lowest BCUT2D eigenvalue weighted by atomic mass is 10.1. The van der Waals surface area contributed by atoms with Gasteiger partial charge in [0.1, 0.15) is 6.79 Å². The Morgan fingerprint density at radius 1 is 0.895 bits per heavy atom. The molecule has 0 aliphatic heterocycles. The normalized spacial score (nSPS) is 8.32. The van der Waals surface area contributed by atoms with Crippen LogP contribution in [0.5, 0.6) is 0 Å². The fourth-order valence-corrected chi connectivity index (χ4v) is 1.36. The van der Waals surface area contributed by atoms with Crippen LogP contribution < -0.4 is 0 Å². The van der Waals surface area contributed by atoms with Crippen LogP contribution in [0.15, 0.2) is 60.7 Å². The molecule has 0 aliphatic carbocycles. The summed E-state index contributed by atoms with van der Waals surface area (Å²) >= 11 is 0. The Labute approximate surface area is 115 Å². The summed E-state index contributed by atoms with van der Waals surface area (Å²) < 4.78 is 0. The molecule has 0 atom stereocenters. The monoisotopic (exact) mass is 256 g/mol. The van der Waals surface area contributed by atoms with Crippen LogP contribution >= 0.6 is 0 Å². The minimum absolute atomic E-state index is 0.209. The molecule has 0 fully saturated rings. The van der Waals surface area contributed by atoms with Gasteiger partial charge in [-0.25, -0.2) is 0 Å². The van der Waals surface area contributed by atoms with Crippen LogP contribution in [0, 0.1) is 6.92 Å². The van der Waals surface area contributed by atoms with Crippen molar-refractivity contribution in [3.8, 4) is 0 Å². The maximum atomic E-state index is 11.0. The second-order valence-corrected chi connectivity index (χ2v) is 3.80. The number of ketones is 1. The van der Waals surface area contributed by atoms with Crippen molar-refractivity contribution < 1.29 is 9.59 Å². The van der Waals surface area contributed by atoms with Gasteiger partial charge in [-0.15, -0.1) is 0 Å². The second-order valence-electron chi connectivity index (χ2n) is 3.80. The molecule has 0 saturated carbocycles. The topological polar surface area (TPSA) is 34.1 Å². The van der Waals surface area contributed by atoms with E-state index in [9.17, 15) is 4.79 Å². The van der Waals surface area contributed by atoms with Gasteiger partial charge in [0.05, 0.1) is 0 Å². The lowest BCUT2D eigenvalue weighted by molar-refractivity contribution is -0.0979. The molecular formula is C17H20O2. The first-order valence-corrected chi connectivity index (χ1v) is 6.12. The molecule has 0 aliphatic rings. The summed E-state index contributed by atoms with van der Waals surface area (Å²) in [4.78, 5) is 19.0. The SMILES string of the molecule is C=O.CCC(=O)c1ccccc1.Cc1ccccc1. The van der Waals surface area contributed by atoms with E-state index >= 15 is 0 Å². The third-order valence-corrected chi connectivity index (χ3v) is 2.36.